The Morgan fingerprint density at radius 2 is 1.49 bits per heavy atom. The summed E-state index contributed by atoms with van der Waals surface area (Å²) in [5, 5.41) is 9.98. The standard InChI is InChI=1S/C28H26N4O5/c1-18(27(34)30-22-13-11-21(12-14-22)29-19(2)33)37-28(35)25-17-32(23-7-5-4-6-8-23)31-26(25)20-9-15-24(36-3)16-10-20/h4-18H,1-3H3,(H,29,33)(H,30,34). The number of anilines is 2. The van der Waals surface area contributed by atoms with Gasteiger partial charge in [-0.3, -0.25) is 9.59 Å². The van der Waals surface area contributed by atoms with Gasteiger partial charge in [0.15, 0.2) is 6.10 Å². The number of carbonyl (C=O) groups is 3. The summed E-state index contributed by atoms with van der Waals surface area (Å²) in [7, 11) is 1.58. The van der Waals surface area contributed by atoms with Gasteiger partial charge in [0.2, 0.25) is 5.91 Å². The molecule has 188 valence electrons. The van der Waals surface area contributed by atoms with Gasteiger partial charge in [0.1, 0.15) is 17.0 Å². The molecule has 0 saturated heterocycles. The average Bonchev–Trinajstić information content (AvgIpc) is 3.36. The lowest BCUT2D eigenvalue weighted by molar-refractivity contribution is -0.123. The van der Waals surface area contributed by atoms with E-state index < -0.39 is 18.0 Å². The van der Waals surface area contributed by atoms with Gasteiger partial charge in [-0.1, -0.05) is 18.2 Å². The zero-order valence-corrected chi connectivity index (χ0v) is 20.6. The molecule has 0 aliphatic heterocycles. The van der Waals surface area contributed by atoms with Crippen molar-refractivity contribution >= 4 is 29.2 Å². The second-order valence-electron chi connectivity index (χ2n) is 8.20. The van der Waals surface area contributed by atoms with E-state index in [2.05, 4.69) is 15.7 Å². The average molecular weight is 499 g/mol. The Balaban J connectivity index is 1.53. The minimum atomic E-state index is -1.08. The lowest BCUT2D eigenvalue weighted by Crippen LogP contribution is -2.30. The summed E-state index contributed by atoms with van der Waals surface area (Å²) < 4.78 is 12.3. The lowest BCUT2D eigenvalue weighted by atomic mass is 10.1. The van der Waals surface area contributed by atoms with Crippen LogP contribution in [0.3, 0.4) is 0 Å². The van der Waals surface area contributed by atoms with E-state index in [9.17, 15) is 14.4 Å². The highest BCUT2D eigenvalue weighted by Gasteiger charge is 2.24. The van der Waals surface area contributed by atoms with Crippen LogP contribution in [0.2, 0.25) is 0 Å². The molecule has 3 aromatic carbocycles. The van der Waals surface area contributed by atoms with Gasteiger partial charge in [-0.25, -0.2) is 9.48 Å². The molecular formula is C28H26N4O5. The first-order chi connectivity index (χ1) is 17.8. The Bertz CT molecular complexity index is 1400. The summed E-state index contributed by atoms with van der Waals surface area (Å²) >= 11 is 0. The van der Waals surface area contributed by atoms with E-state index in [-0.39, 0.29) is 11.5 Å². The minimum Gasteiger partial charge on any atom is -0.497 e. The fraction of sp³-hybridized carbons (Fsp3) is 0.143. The molecule has 2 amide bonds. The molecule has 0 saturated carbocycles. The monoisotopic (exact) mass is 498 g/mol. The summed E-state index contributed by atoms with van der Waals surface area (Å²) in [5.74, 6) is -0.702. The van der Waals surface area contributed by atoms with E-state index in [1.807, 2.05) is 30.3 Å². The number of hydrogen-bond donors (Lipinski definition) is 2. The van der Waals surface area contributed by atoms with Gasteiger partial charge in [0.25, 0.3) is 5.91 Å². The van der Waals surface area contributed by atoms with Crippen molar-refractivity contribution < 1.29 is 23.9 Å². The van der Waals surface area contributed by atoms with Crippen molar-refractivity contribution in [2.75, 3.05) is 17.7 Å². The molecule has 1 aromatic heterocycles. The molecule has 0 aliphatic carbocycles. The summed E-state index contributed by atoms with van der Waals surface area (Å²) in [4.78, 5) is 37.1. The number of amides is 2. The second kappa shape index (κ2) is 11.2. The molecule has 9 nitrogen and oxygen atoms in total. The summed E-state index contributed by atoms with van der Waals surface area (Å²) in [6.45, 7) is 2.91. The SMILES string of the molecule is COc1ccc(-c2nn(-c3ccccc3)cc2C(=O)OC(C)C(=O)Nc2ccc(NC(C)=O)cc2)cc1. The molecule has 9 heteroatoms. The van der Waals surface area contributed by atoms with Crippen LogP contribution in [0.4, 0.5) is 11.4 Å². The van der Waals surface area contributed by atoms with E-state index in [0.717, 1.165) is 5.69 Å². The third kappa shape index (κ3) is 6.21. The first-order valence-electron chi connectivity index (χ1n) is 11.5. The molecule has 0 radical (unpaired) electrons. The molecule has 1 unspecified atom stereocenters. The largest absolute Gasteiger partial charge is 0.497 e. The van der Waals surface area contributed by atoms with Gasteiger partial charge in [-0.2, -0.15) is 5.10 Å². The smallest absolute Gasteiger partial charge is 0.342 e. The molecule has 0 bridgehead atoms. The Hall–Kier alpha value is -4.92. The Labute approximate surface area is 214 Å². The highest BCUT2D eigenvalue weighted by molar-refractivity contribution is 6.00. The number of benzene rings is 3. The van der Waals surface area contributed by atoms with Crippen LogP contribution in [-0.4, -0.2) is 40.8 Å². The topological polar surface area (TPSA) is 112 Å². The molecule has 37 heavy (non-hydrogen) atoms. The van der Waals surface area contributed by atoms with Crippen molar-refractivity contribution in [3.8, 4) is 22.7 Å². The zero-order chi connectivity index (χ0) is 26.4. The predicted octanol–water partition coefficient (Wildman–Crippen LogP) is 4.69. The molecule has 0 spiro atoms. The van der Waals surface area contributed by atoms with Crippen molar-refractivity contribution in [1.82, 2.24) is 9.78 Å². The second-order valence-corrected chi connectivity index (χ2v) is 8.20. The molecule has 2 N–H and O–H groups in total. The van der Waals surface area contributed by atoms with Gasteiger partial charge in [0.05, 0.1) is 12.8 Å². The summed E-state index contributed by atoms with van der Waals surface area (Å²) in [6.07, 6.45) is 0.508. The number of nitrogens with one attached hydrogen (secondary N) is 2. The first kappa shape index (κ1) is 25.2. The maximum atomic E-state index is 13.2. The molecule has 1 heterocycles. The van der Waals surface area contributed by atoms with Gasteiger partial charge < -0.3 is 20.1 Å². The Morgan fingerprint density at radius 3 is 2.08 bits per heavy atom. The van der Waals surface area contributed by atoms with Gasteiger partial charge in [-0.15, -0.1) is 0 Å². The Kier molecular flexibility index (Phi) is 7.63. The van der Waals surface area contributed by atoms with Crippen LogP contribution in [0.15, 0.2) is 85.1 Å². The molecule has 4 rings (SSSR count). The van der Waals surface area contributed by atoms with Crippen LogP contribution in [0, 0.1) is 0 Å². The van der Waals surface area contributed by atoms with Crippen LogP contribution in [0.5, 0.6) is 5.75 Å². The summed E-state index contributed by atoms with van der Waals surface area (Å²) in [5.41, 5.74) is 3.19. The molecule has 1 atom stereocenters. The molecular weight excluding hydrogens is 472 g/mol. The number of aromatic nitrogens is 2. The number of methoxy groups -OCH3 is 1. The predicted molar refractivity (Wildman–Crippen MR) is 140 cm³/mol. The van der Waals surface area contributed by atoms with E-state index >= 15 is 0 Å². The summed E-state index contributed by atoms with van der Waals surface area (Å²) in [6, 6.07) is 23.1. The highest BCUT2D eigenvalue weighted by atomic mass is 16.5. The third-order valence-corrected chi connectivity index (χ3v) is 5.44. The number of para-hydroxylation sites is 1. The van der Waals surface area contributed by atoms with Crippen molar-refractivity contribution in [2.45, 2.75) is 20.0 Å². The van der Waals surface area contributed by atoms with Crippen molar-refractivity contribution in [1.29, 1.82) is 0 Å². The third-order valence-electron chi connectivity index (χ3n) is 5.44. The quantitative estimate of drug-likeness (QED) is 0.341. The highest BCUT2D eigenvalue weighted by Crippen LogP contribution is 2.27. The fourth-order valence-corrected chi connectivity index (χ4v) is 3.56. The number of rotatable bonds is 8. The lowest BCUT2D eigenvalue weighted by Gasteiger charge is -2.14. The van der Waals surface area contributed by atoms with E-state index in [0.29, 0.717) is 28.4 Å². The maximum absolute atomic E-state index is 13.2. The van der Waals surface area contributed by atoms with Crippen molar-refractivity contribution in [3.63, 3.8) is 0 Å². The van der Waals surface area contributed by atoms with Gasteiger partial charge in [-0.05, 0) is 67.6 Å². The normalized spacial score (nSPS) is 11.3. The van der Waals surface area contributed by atoms with Gasteiger partial charge in [0, 0.05) is 30.1 Å². The first-order valence-corrected chi connectivity index (χ1v) is 11.5. The number of carbonyl (C=O) groups excluding carboxylic acids is 3. The number of hydrogen-bond acceptors (Lipinski definition) is 6. The van der Waals surface area contributed by atoms with Crippen molar-refractivity contribution in [2.24, 2.45) is 0 Å². The van der Waals surface area contributed by atoms with E-state index in [1.165, 1.54) is 13.8 Å². The fourth-order valence-electron chi connectivity index (χ4n) is 3.56. The zero-order valence-electron chi connectivity index (χ0n) is 20.6. The van der Waals surface area contributed by atoms with E-state index in [1.54, 1.807) is 66.5 Å². The maximum Gasteiger partial charge on any atom is 0.342 e. The minimum absolute atomic E-state index is 0.193. The number of nitrogens with zero attached hydrogens (tertiary/aromatic N) is 2. The van der Waals surface area contributed by atoms with Crippen LogP contribution in [0.25, 0.3) is 16.9 Å². The van der Waals surface area contributed by atoms with Crippen LogP contribution in [0.1, 0.15) is 24.2 Å². The molecule has 0 fully saturated rings. The molecule has 4 aromatic rings. The van der Waals surface area contributed by atoms with Gasteiger partial charge >= 0.3 is 5.97 Å². The van der Waals surface area contributed by atoms with Crippen molar-refractivity contribution in [3.05, 3.63) is 90.6 Å². The van der Waals surface area contributed by atoms with Crippen LogP contribution < -0.4 is 15.4 Å². The number of esters is 1. The van der Waals surface area contributed by atoms with E-state index in [4.69, 9.17) is 9.47 Å². The van der Waals surface area contributed by atoms with Crippen LogP contribution >= 0.6 is 0 Å². The van der Waals surface area contributed by atoms with Crippen LogP contribution in [-0.2, 0) is 14.3 Å². The Morgan fingerprint density at radius 1 is 0.865 bits per heavy atom. The molecule has 0 aliphatic rings. The number of ether oxygens (including phenoxy) is 2.